The van der Waals surface area contributed by atoms with Crippen LogP contribution in [0.3, 0.4) is 0 Å². The van der Waals surface area contributed by atoms with Gasteiger partial charge in [0, 0.05) is 38.9 Å². The van der Waals surface area contributed by atoms with E-state index in [0.29, 0.717) is 0 Å². The van der Waals surface area contributed by atoms with Gasteiger partial charge in [0.15, 0.2) is 0 Å². The molecule has 2 heterocycles. The lowest BCUT2D eigenvalue weighted by Crippen LogP contribution is -2.32. The third-order valence-electron chi connectivity index (χ3n) is 4.34. The molecule has 0 bridgehead atoms. The van der Waals surface area contributed by atoms with Crippen LogP contribution >= 0.6 is 0 Å². The van der Waals surface area contributed by atoms with Gasteiger partial charge < -0.3 is 10.2 Å². The molecule has 0 aliphatic carbocycles. The second kappa shape index (κ2) is 6.81. The highest BCUT2D eigenvalue weighted by Gasteiger charge is 2.28. The van der Waals surface area contributed by atoms with Crippen molar-refractivity contribution in [1.29, 1.82) is 0 Å². The number of hydrogen-bond donors (Lipinski definition) is 1. The van der Waals surface area contributed by atoms with E-state index in [1.165, 1.54) is 17.7 Å². The standard InChI is InChI=1S/C17H21N3O3/c21-15(9-12-20-16(22)7-8-17(20)23)18-13-5-1-2-6-14(13)19-10-3-4-11-19/h1-2,5-6H,3-4,7-12H2,(H,18,21). The Kier molecular flexibility index (Phi) is 4.60. The van der Waals surface area contributed by atoms with E-state index in [-0.39, 0.29) is 43.5 Å². The summed E-state index contributed by atoms with van der Waals surface area (Å²) in [5.41, 5.74) is 1.82. The first-order chi connectivity index (χ1) is 11.1. The summed E-state index contributed by atoms with van der Waals surface area (Å²) in [6, 6.07) is 7.75. The van der Waals surface area contributed by atoms with Crippen molar-refractivity contribution in [1.82, 2.24) is 4.90 Å². The molecule has 0 saturated carbocycles. The Hall–Kier alpha value is -2.37. The molecule has 3 rings (SSSR count). The lowest BCUT2D eigenvalue weighted by Gasteiger charge is -2.21. The van der Waals surface area contributed by atoms with Gasteiger partial charge in [-0.15, -0.1) is 0 Å². The quantitative estimate of drug-likeness (QED) is 0.841. The number of nitrogens with one attached hydrogen (secondary N) is 1. The molecule has 0 aromatic heterocycles. The van der Waals surface area contributed by atoms with Crippen molar-refractivity contribution in [2.45, 2.75) is 32.1 Å². The molecule has 0 radical (unpaired) electrons. The van der Waals surface area contributed by atoms with Crippen LogP contribution in [0.2, 0.25) is 0 Å². The summed E-state index contributed by atoms with van der Waals surface area (Å²) in [4.78, 5) is 38.7. The van der Waals surface area contributed by atoms with Gasteiger partial charge in [0.1, 0.15) is 0 Å². The van der Waals surface area contributed by atoms with Gasteiger partial charge in [-0.3, -0.25) is 19.3 Å². The number of hydrogen-bond acceptors (Lipinski definition) is 4. The summed E-state index contributed by atoms with van der Waals surface area (Å²) < 4.78 is 0. The van der Waals surface area contributed by atoms with E-state index in [9.17, 15) is 14.4 Å². The topological polar surface area (TPSA) is 69.7 Å². The molecule has 6 heteroatoms. The maximum Gasteiger partial charge on any atom is 0.229 e. The summed E-state index contributed by atoms with van der Waals surface area (Å²) >= 11 is 0. The molecule has 3 amide bonds. The Bertz CT molecular complexity index is 607. The zero-order valence-corrected chi connectivity index (χ0v) is 13.1. The summed E-state index contributed by atoms with van der Waals surface area (Å²) in [7, 11) is 0. The Labute approximate surface area is 135 Å². The highest BCUT2D eigenvalue weighted by atomic mass is 16.2. The number of imide groups is 1. The Morgan fingerprint density at radius 2 is 1.70 bits per heavy atom. The van der Waals surface area contributed by atoms with Crippen LogP contribution in [0.25, 0.3) is 0 Å². The monoisotopic (exact) mass is 315 g/mol. The second-order valence-electron chi connectivity index (χ2n) is 5.95. The van der Waals surface area contributed by atoms with E-state index in [4.69, 9.17) is 0 Å². The minimum absolute atomic E-state index is 0.131. The van der Waals surface area contributed by atoms with Crippen LogP contribution in [-0.4, -0.2) is 42.3 Å². The number of para-hydroxylation sites is 2. The molecular formula is C17H21N3O3. The fourth-order valence-corrected chi connectivity index (χ4v) is 3.11. The molecule has 2 aliphatic heterocycles. The molecule has 1 aromatic carbocycles. The summed E-state index contributed by atoms with van der Waals surface area (Å²) in [6.07, 6.45) is 2.99. The second-order valence-corrected chi connectivity index (χ2v) is 5.95. The molecule has 23 heavy (non-hydrogen) atoms. The minimum atomic E-state index is -0.180. The van der Waals surface area contributed by atoms with Crippen LogP contribution in [0.1, 0.15) is 32.1 Å². The van der Waals surface area contributed by atoms with E-state index < -0.39 is 0 Å². The van der Waals surface area contributed by atoms with E-state index in [1.54, 1.807) is 0 Å². The van der Waals surface area contributed by atoms with Crippen LogP contribution < -0.4 is 10.2 Å². The molecule has 0 unspecified atom stereocenters. The summed E-state index contributed by atoms with van der Waals surface area (Å²) in [5.74, 6) is -0.537. The Morgan fingerprint density at radius 1 is 1.04 bits per heavy atom. The summed E-state index contributed by atoms with van der Waals surface area (Å²) in [6.45, 7) is 2.17. The van der Waals surface area contributed by atoms with Crippen LogP contribution in [0.15, 0.2) is 24.3 Å². The number of likely N-dealkylation sites (tertiary alicyclic amines) is 1. The van der Waals surface area contributed by atoms with Crippen molar-refractivity contribution in [3.8, 4) is 0 Å². The predicted octanol–water partition coefficient (Wildman–Crippen LogP) is 1.76. The van der Waals surface area contributed by atoms with Gasteiger partial charge in [-0.2, -0.15) is 0 Å². The van der Waals surface area contributed by atoms with Crippen LogP contribution in [-0.2, 0) is 14.4 Å². The van der Waals surface area contributed by atoms with Gasteiger partial charge >= 0.3 is 0 Å². The SMILES string of the molecule is O=C(CCN1C(=O)CCC1=O)Nc1ccccc1N1CCCC1. The summed E-state index contributed by atoms with van der Waals surface area (Å²) in [5, 5.41) is 2.91. The molecule has 0 spiro atoms. The molecule has 6 nitrogen and oxygen atoms in total. The molecule has 0 atom stereocenters. The molecule has 2 fully saturated rings. The molecular weight excluding hydrogens is 294 g/mol. The number of rotatable bonds is 5. The highest BCUT2D eigenvalue weighted by molar-refractivity contribution is 6.02. The lowest BCUT2D eigenvalue weighted by molar-refractivity contribution is -0.138. The molecule has 122 valence electrons. The largest absolute Gasteiger partial charge is 0.370 e. The number of benzene rings is 1. The van der Waals surface area contributed by atoms with Gasteiger partial charge in [0.2, 0.25) is 17.7 Å². The van der Waals surface area contributed by atoms with Crippen LogP contribution in [0.5, 0.6) is 0 Å². The third-order valence-corrected chi connectivity index (χ3v) is 4.34. The zero-order valence-electron chi connectivity index (χ0n) is 13.1. The number of amides is 3. The van der Waals surface area contributed by atoms with Crippen molar-refractivity contribution in [3.63, 3.8) is 0 Å². The van der Waals surface area contributed by atoms with Gasteiger partial charge in [-0.1, -0.05) is 12.1 Å². The van der Waals surface area contributed by atoms with E-state index in [1.807, 2.05) is 24.3 Å². The fourth-order valence-electron chi connectivity index (χ4n) is 3.11. The van der Waals surface area contributed by atoms with E-state index >= 15 is 0 Å². The van der Waals surface area contributed by atoms with E-state index in [0.717, 1.165) is 24.5 Å². The Balaban J connectivity index is 1.59. The molecule has 2 aliphatic rings. The number of carbonyl (C=O) groups is 3. The molecule has 2 saturated heterocycles. The van der Waals surface area contributed by atoms with Crippen LogP contribution in [0.4, 0.5) is 11.4 Å². The fraction of sp³-hybridized carbons (Fsp3) is 0.471. The highest BCUT2D eigenvalue weighted by Crippen LogP contribution is 2.28. The van der Waals surface area contributed by atoms with Gasteiger partial charge in [0.05, 0.1) is 11.4 Å². The lowest BCUT2D eigenvalue weighted by atomic mass is 10.2. The smallest absolute Gasteiger partial charge is 0.229 e. The first-order valence-corrected chi connectivity index (χ1v) is 8.12. The van der Waals surface area contributed by atoms with Crippen molar-refractivity contribution in [2.24, 2.45) is 0 Å². The average molecular weight is 315 g/mol. The Morgan fingerprint density at radius 3 is 2.39 bits per heavy atom. The van der Waals surface area contributed by atoms with Crippen molar-refractivity contribution < 1.29 is 14.4 Å². The van der Waals surface area contributed by atoms with Crippen molar-refractivity contribution >= 4 is 29.1 Å². The maximum absolute atomic E-state index is 12.2. The predicted molar refractivity (Wildman–Crippen MR) is 87.1 cm³/mol. The zero-order chi connectivity index (χ0) is 16.2. The molecule has 1 aromatic rings. The maximum atomic E-state index is 12.2. The van der Waals surface area contributed by atoms with Crippen molar-refractivity contribution in [3.05, 3.63) is 24.3 Å². The third kappa shape index (κ3) is 3.52. The normalized spacial score (nSPS) is 17.9. The van der Waals surface area contributed by atoms with Gasteiger partial charge in [0.25, 0.3) is 0 Å². The number of anilines is 2. The van der Waals surface area contributed by atoms with Gasteiger partial charge in [-0.05, 0) is 25.0 Å². The first-order valence-electron chi connectivity index (χ1n) is 8.12. The average Bonchev–Trinajstić information content (AvgIpc) is 3.17. The minimum Gasteiger partial charge on any atom is -0.370 e. The van der Waals surface area contributed by atoms with E-state index in [2.05, 4.69) is 10.2 Å². The molecule has 1 N–H and O–H groups in total. The van der Waals surface area contributed by atoms with Crippen molar-refractivity contribution in [2.75, 3.05) is 29.9 Å². The number of carbonyl (C=O) groups excluding carboxylic acids is 3. The number of nitrogens with zero attached hydrogens (tertiary/aromatic N) is 2. The first kappa shape index (κ1) is 15.5. The van der Waals surface area contributed by atoms with Crippen LogP contribution in [0, 0.1) is 0 Å². The van der Waals surface area contributed by atoms with Gasteiger partial charge in [-0.25, -0.2) is 0 Å².